The predicted octanol–water partition coefficient (Wildman–Crippen LogP) is 3.52. The summed E-state index contributed by atoms with van der Waals surface area (Å²) in [5.41, 5.74) is 3.49. The van der Waals surface area contributed by atoms with Crippen LogP contribution in [0.15, 0.2) is 48.8 Å². The van der Waals surface area contributed by atoms with Crippen LogP contribution in [-0.4, -0.2) is 35.5 Å². The van der Waals surface area contributed by atoms with Gasteiger partial charge in [-0.25, -0.2) is 0 Å². The zero-order valence-electron chi connectivity index (χ0n) is 14.1. The SMILES string of the molecule is CCOC(=O)[C@H]1CCCN(Cc2cncc(-c3ccccc3)c2)C1. The summed E-state index contributed by atoms with van der Waals surface area (Å²) in [4.78, 5) is 18.7. The Morgan fingerprint density at radius 3 is 2.88 bits per heavy atom. The molecule has 0 aliphatic carbocycles. The summed E-state index contributed by atoms with van der Waals surface area (Å²) >= 11 is 0. The van der Waals surface area contributed by atoms with Crippen LogP contribution >= 0.6 is 0 Å². The zero-order valence-corrected chi connectivity index (χ0v) is 14.1. The molecule has 4 nitrogen and oxygen atoms in total. The number of carbonyl (C=O) groups excluding carboxylic acids is 1. The van der Waals surface area contributed by atoms with Gasteiger partial charge in [0.25, 0.3) is 0 Å². The average molecular weight is 324 g/mol. The fraction of sp³-hybridized carbons (Fsp3) is 0.400. The van der Waals surface area contributed by atoms with E-state index in [4.69, 9.17) is 4.74 Å². The second kappa shape index (κ2) is 8.06. The number of ether oxygens (including phenoxy) is 1. The van der Waals surface area contributed by atoms with Crippen LogP contribution in [0, 0.1) is 5.92 Å². The number of esters is 1. The van der Waals surface area contributed by atoms with Crippen LogP contribution < -0.4 is 0 Å². The Morgan fingerprint density at radius 1 is 1.25 bits per heavy atom. The largest absolute Gasteiger partial charge is 0.466 e. The molecule has 2 heterocycles. The average Bonchev–Trinajstić information content (AvgIpc) is 2.63. The number of nitrogens with zero attached hydrogens (tertiary/aromatic N) is 2. The fourth-order valence-electron chi connectivity index (χ4n) is 3.27. The number of pyridine rings is 1. The molecule has 1 atom stereocenters. The molecule has 0 bridgehead atoms. The summed E-state index contributed by atoms with van der Waals surface area (Å²) in [7, 11) is 0. The lowest BCUT2D eigenvalue weighted by atomic mass is 9.97. The smallest absolute Gasteiger partial charge is 0.310 e. The highest BCUT2D eigenvalue weighted by Crippen LogP contribution is 2.22. The number of piperidine rings is 1. The van der Waals surface area contributed by atoms with Gasteiger partial charge in [0, 0.05) is 31.0 Å². The molecule has 126 valence electrons. The molecule has 1 aliphatic heterocycles. The molecule has 1 aliphatic rings. The highest BCUT2D eigenvalue weighted by Gasteiger charge is 2.26. The molecular formula is C20H24N2O2. The topological polar surface area (TPSA) is 42.4 Å². The molecular weight excluding hydrogens is 300 g/mol. The number of likely N-dealkylation sites (tertiary alicyclic amines) is 1. The Kier molecular flexibility index (Phi) is 5.59. The van der Waals surface area contributed by atoms with Crippen LogP contribution in [0.1, 0.15) is 25.3 Å². The van der Waals surface area contributed by atoms with Crippen LogP contribution in [-0.2, 0) is 16.1 Å². The summed E-state index contributed by atoms with van der Waals surface area (Å²) in [5.74, 6) is -0.0534. The first-order valence-electron chi connectivity index (χ1n) is 8.64. The van der Waals surface area contributed by atoms with E-state index in [2.05, 4.69) is 28.1 Å². The van der Waals surface area contributed by atoms with Crippen molar-refractivity contribution in [3.8, 4) is 11.1 Å². The minimum atomic E-state index is -0.0571. The first-order valence-corrected chi connectivity index (χ1v) is 8.64. The molecule has 1 saturated heterocycles. The van der Waals surface area contributed by atoms with E-state index in [1.54, 1.807) is 0 Å². The normalized spacial score (nSPS) is 18.3. The Morgan fingerprint density at radius 2 is 2.08 bits per heavy atom. The van der Waals surface area contributed by atoms with E-state index in [0.717, 1.165) is 38.0 Å². The van der Waals surface area contributed by atoms with E-state index in [9.17, 15) is 4.79 Å². The third kappa shape index (κ3) is 4.20. The molecule has 3 rings (SSSR count). The summed E-state index contributed by atoms with van der Waals surface area (Å²) in [6.07, 6.45) is 5.78. The summed E-state index contributed by atoms with van der Waals surface area (Å²) in [5, 5.41) is 0. The van der Waals surface area contributed by atoms with Gasteiger partial charge in [-0.05, 0) is 43.5 Å². The van der Waals surface area contributed by atoms with Crippen molar-refractivity contribution in [3.63, 3.8) is 0 Å². The molecule has 1 aromatic carbocycles. The molecule has 4 heteroatoms. The third-order valence-corrected chi connectivity index (χ3v) is 4.43. The molecule has 0 N–H and O–H groups in total. The van der Waals surface area contributed by atoms with Crippen molar-refractivity contribution in [3.05, 3.63) is 54.4 Å². The van der Waals surface area contributed by atoms with Crippen molar-refractivity contribution in [1.82, 2.24) is 9.88 Å². The van der Waals surface area contributed by atoms with Crippen LogP contribution in [0.2, 0.25) is 0 Å². The minimum absolute atomic E-state index is 0.00367. The molecule has 0 unspecified atom stereocenters. The second-order valence-corrected chi connectivity index (χ2v) is 6.27. The van der Waals surface area contributed by atoms with Crippen LogP contribution in [0.4, 0.5) is 0 Å². The lowest BCUT2D eigenvalue weighted by Crippen LogP contribution is -2.38. The van der Waals surface area contributed by atoms with Crippen molar-refractivity contribution in [2.45, 2.75) is 26.3 Å². The predicted molar refractivity (Wildman–Crippen MR) is 94.3 cm³/mol. The number of hydrogen-bond acceptors (Lipinski definition) is 4. The maximum atomic E-state index is 12.0. The molecule has 2 aromatic rings. The van der Waals surface area contributed by atoms with E-state index < -0.39 is 0 Å². The van der Waals surface area contributed by atoms with Gasteiger partial charge in [0.05, 0.1) is 12.5 Å². The Balaban J connectivity index is 1.66. The Bertz CT molecular complexity index is 672. The maximum Gasteiger partial charge on any atom is 0.310 e. The Labute approximate surface area is 143 Å². The van der Waals surface area contributed by atoms with E-state index in [0.29, 0.717) is 6.61 Å². The van der Waals surface area contributed by atoms with Gasteiger partial charge in [-0.15, -0.1) is 0 Å². The van der Waals surface area contributed by atoms with E-state index in [-0.39, 0.29) is 11.9 Å². The summed E-state index contributed by atoms with van der Waals surface area (Å²) in [6.45, 7) is 4.93. The molecule has 0 radical (unpaired) electrons. The molecule has 0 saturated carbocycles. The van der Waals surface area contributed by atoms with Gasteiger partial charge in [-0.1, -0.05) is 30.3 Å². The maximum absolute atomic E-state index is 12.0. The molecule has 0 spiro atoms. The first-order chi connectivity index (χ1) is 11.8. The molecule has 0 amide bonds. The van der Waals surface area contributed by atoms with E-state index >= 15 is 0 Å². The van der Waals surface area contributed by atoms with Gasteiger partial charge in [0.2, 0.25) is 0 Å². The Hall–Kier alpha value is -2.20. The first kappa shape index (κ1) is 16.7. The highest BCUT2D eigenvalue weighted by molar-refractivity contribution is 5.72. The number of benzene rings is 1. The minimum Gasteiger partial charge on any atom is -0.466 e. The standard InChI is InChI=1S/C20H24N2O2/c1-2-24-20(23)18-9-6-10-22(15-18)14-16-11-19(13-21-12-16)17-7-4-3-5-8-17/h3-5,7-8,11-13,18H,2,6,9-10,14-15H2,1H3/t18-/m0/s1. The van der Waals surface area contributed by atoms with Gasteiger partial charge in [0.15, 0.2) is 0 Å². The van der Waals surface area contributed by atoms with Crippen molar-refractivity contribution < 1.29 is 9.53 Å². The monoisotopic (exact) mass is 324 g/mol. The van der Waals surface area contributed by atoms with Crippen molar-refractivity contribution in [1.29, 1.82) is 0 Å². The highest BCUT2D eigenvalue weighted by atomic mass is 16.5. The zero-order chi connectivity index (χ0) is 16.8. The molecule has 1 fully saturated rings. The number of rotatable bonds is 5. The number of aromatic nitrogens is 1. The molecule has 24 heavy (non-hydrogen) atoms. The van der Waals surface area contributed by atoms with Crippen molar-refractivity contribution in [2.24, 2.45) is 5.92 Å². The third-order valence-electron chi connectivity index (χ3n) is 4.43. The number of hydrogen-bond donors (Lipinski definition) is 0. The lowest BCUT2D eigenvalue weighted by Gasteiger charge is -2.31. The van der Waals surface area contributed by atoms with Crippen molar-refractivity contribution >= 4 is 5.97 Å². The van der Waals surface area contributed by atoms with Crippen molar-refractivity contribution in [2.75, 3.05) is 19.7 Å². The number of carbonyl (C=O) groups is 1. The van der Waals surface area contributed by atoms with Crippen LogP contribution in [0.5, 0.6) is 0 Å². The van der Waals surface area contributed by atoms with Gasteiger partial charge < -0.3 is 4.74 Å². The van der Waals surface area contributed by atoms with E-state index in [1.807, 2.05) is 37.5 Å². The van der Waals surface area contributed by atoms with Gasteiger partial charge >= 0.3 is 5.97 Å². The molecule has 1 aromatic heterocycles. The van der Waals surface area contributed by atoms with Gasteiger partial charge in [0.1, 0.15) is 0 Å². The van der Waals surface area contributed by atoms with Crippen LogP contribution in [0.3, 0.4) is 0 Å². The fourth-order valence-corrected chi connectivity index (χ4v) is 3.27. The lowest BCUT2D eigenvalue weighted by molar-refractivity contribution is -0.150. The quantitative estimate of drug-likeness (QED) is 0.789. The second-order valence-electron chi connectivity index (χ2n) is 6.27. The van der Waals surface area contributed by atoms with E-state index in [1.165, 1.54) is 11.1 Å². The van der Waals surface area contributed by atoms with Gasteiger partial charge in [-0.3, -0.25) is 14.7 Å². The van der Waals surface area contributed by atoms with Gasteiger partial charge in [-0.2, -0.15) is 0 Å². The van der Waals surface area contributed by atoms with Crippen LogP contribution in [0.25, 0.3) is 11.1 Å². The summed E-state index contributed by atoms with van der Waals surface area (Å²) in [6, 6.07) is 12.5. The summed E-state index contributed by atoms with van der Waals surface area (Å²) < 4.78 is 5.18.